The van der Waals surface area contributed by atoms with Gasteiger partial charge in [-0.2, -0.15) is 10.4 Å². The van der Waals surface area contributed by atoms with Gasteiger partial charge in [-0.3, -0.25) is 4.57 Å². The minimum Gasteiger partial charge on any atom is -0.491 e. The van der Waals surface area contributed by atoms with Gasteiger partial charge in [-0.1, -0.05) is 99.3 Å². The zero-order valence-electron chi connectivity index (χ0n) is 30.9. The lowest BCUT2D eigenvalue weighted by Gasteiger charge is -2.19. The molecule has 0 aliphatic rings. The van der Waals surface area contributed by atoms with Gasteiger partial charge < -0.3 is 9.47 Å². The van der Waals surface area contributed by atoms with Crippen molar-refractivity contribution in [1.29, 1.82) is 5.26 Å². The van der Waals surface area contributed by atoms with E-state index in [4.69, 9.17) is 19.7 Å². The van der Waals surface area contributed by atoms with Gasteiger partial charge in [0.15, 0.2) is 5.82 Å². The molecule has 3 aromatic rings. The van der Waals surface area contributed by atoms with Gasteiger partial charge in [0.05, 0.1) is 30.5 Å². The lowest BCUT2D eigenvalue weighted by atomic mass is 9.99. The molecule has 0 saturated carbocycles. The molecule has 0 spiro atoms. The zero-order chi connectivity index (χ0) is 35.3. The van der Waals surface area contributed by atoms with E-state index in [1.54, 1.807) is 24.3 Å². The third kappa shape index (κ3) is 13.3. The second kappa shape index (κ2) is 22.5. The summed E-state index contributed by atoms with van der Waals surface area (Å²) in [5, 5.41) is 27.8. The van der Waals surface area contributed by atoms with Crippen molar-refractivity contribution in [2.24, 2.45) is 38.2 Å². The zero-order valence-corrected chi connectivity index (χ0v) is 30.9. The quantitative estimate of drug-likeness (QED) is 0.0890. The number of hydrogen-bond donors (Lipinski definition) is 0. The van der Waals surface area contributed by atoms with Gasteiger partial charge in [-0.25, -0.2) is 0 Å². The minimum atomic E-state index is 0.432. The predicted molar refractivity (Wildman–Crippen MR) is 199 cm³/mol. The van der Waals surface area contributed by atoms with Gasteiger partial charge in [-0.05, 0) is 67.3 Å². The SMILES string of the molecule is CCCCC(CC)COc1cc(/N=N/c2cc#cn2CC(CC)CCCC)c(OCC(CC)CCCC)cc1/N=N/c1ccc(C#N)cc1. The maximum absolute atomic E-state index is 9.21. The van der Waals surface area contributed by atoms with Gasteiger partial charge in [0, 0.05) is 30.9 Å². The summed E-state index contributed by atoms with van der Waals surface area (Å²) in [4.78, 5) is 0. The Hall–Kier alpha value is -4.17. The fourth-order valence-electron chi connectivity index (χ4n) is 5.66. The first-order valence-electron chi connectivity index (χ1n) is 18.7. The van der Waals surface area contributed by atoms with E-state index in [0.717, 1.165) is 51.5 Å². The monoisotopic (exact) mass is 666 g/mol. The van der Waals surface area contributed by atoms with Crippen LogP contribution in [0.1, 0.15) is 124 Å². The number of ether oxygens (including phenoxy) is 2. The van der Waals surface area contributed by atoms with Crippen LogP contribution in [0.2, 0.25) is 0 Å². The van der Waals surface area contributed by atoms with E-state index < -0.39 is 0 Å². The summed E-state index contributed by atoms with van der Waals surface area (Å²) in [6.45, 7) is 15.3. The molecule has 1 heterocycles. The van der Waals surface area contributed by atoms with Crippen LogP contribution in [0.3, 0.4) is 0 Å². The molecule has 264 valence electrons. The molecule has 8 heteroatoms. The Labute approximate surface area is 296 Å². The molecule has 0 amide bonds. The molecule has 0 fully saturated rings. The van der Waals surface area contributed by atoms with Gasteiger partial charge in [0.1, 0.15) is 22.9 Å². The van der Waals surface area contributed by atoms with E-state index >= 15 is 0 Å². The summed E-state index contributed by atoms with van der Waals surface area (Å²) < 4.78 is 15.1. The third-order valence-electron chi connectivity index (χ3n) is 9.27. The molecule has 0 aliphatic heterocycles. The van der Waals surface area contributed by atoms with E-state index in [1.807, 2.05) is 22.8 Å². The molecular formula is C41H58N6O2. The number of benzene rings is 2. The highest BCUT2D eigenvalue weighted by molar-refractivity contribution is 5.66. The van der Waals surface area contributed by atoms with Crippen LogP contribution in [0.5, 0.6) is 11.5 Å². The van der Waals surface area contributed by atoms with Crippen LogP contribution in [0, 0.1) is 41.3 Å². The van der Waals surface area contributed by atoms with E-state index in [9.17, 15) is 5.26 Å². The molecule has 0 aliphatic carbocycles. The molecule has 0 radical (unpaired) electrons. The average Bonchev–Trinajstić information content (AvgIpc) is 3.58. The van der Waals surface area contributed by atoms with Crippen molar-refractivity contribution >= 4 is 22.9 Å². The van der Waals surface area contributed by atoms with Crippen LogP contribution in [-0.4, -0.2) is 17.8 Å². The largest absolute Gasteiger partial charge is 0.491 e. The third-order valence-corrected chi connectivity index (χ3v) is 9.27. The maximum atomic E-state index is 9.21. The van der Waals surface area contributed by atoms with E-state index in [2.05, 4.69) is 70.1 Å². The lowest BCUT2D eigenvalue weighted by molar-refractivity contribution is 0.229. The van der Waals surface area contributed by atoms with Crippen molar-refractivity contribution < 1.29 is 9.47 Å². The van der Waals surface area contributed by atoms with Crippen LogP contribution in [0.25, 0.3) is 0 Å². The normalized spacial score (nSPS) is 13.3. The molecule has 8 nitrogen and oxygen atoms in total. The molecular weight excluding hydrogens is 608 g/mol. The van der Waals surface area contributed by atoms with Crippen molar-refractivity contribution in [2.45, 2.75) is 125 Å². The van der Waals surface area contributed by atoms with E-state index in [-0.39, 0.29) is 0 Å². The lowest BCUT2D eigenvalue weighted by Crippen LogP contribution is -2.12. The Kier molecular flexibility index (Phi) is 18.0. The smallest absolute Gasteiger partial charge is 0.171 e. The van der Waals surface area contributed by atoms with Gasteiger partial charge in [0.25, 0.3) is 0 Å². The highest BCUT2D eigenvalue weighted by Crippen LogP contribution is 2.42. The molecule has 2 aromatic carbocycles. The molecule has 3 atom stereocenters. The summed E-state index contributed by atoms with van der Waals surface area (Å²) >= 11 is 0. The Morgan fingerprint density at radius 3 is 1.69 bits per heavy atom. The maximum Gasteiger partial charge on any atom is 0.171 e. The summed E-state index contributed by atoms with van der Waals surface area (Å²) in [6, 6.07) is 17.9. The Morgan fingerprint density at radius 2 is 1.20 bits per heavy atom. The van der Waals surface area contributed by atoms with Crippen molar-refractivity contribution in [3.63, 3.8) is 0 Å². The van der Waals surface area contributed by atoms with Crippen molar-refractivity contribution in [2.75, 3.05) is 13.2 Å². The summed E-state index contributed by atoms with van der Waals surface area (Å²) in [7, 11) is 0. The number of aromatic nitrogens is 1. The topological polar surface area (TPSA) is 96.6 Å². The average molecular weight is 667 g/mol. The standard InChI is InChI=1S/C41H58N6O2/c1-7-13-17-32(10-4)29-47-25-16-20-41(47)46-45-38-27-39(48-30-33(11-5)18-14-8-2)37(44-43-36-23-21-35(28-42)22-24-36)26-40(38)49-31-34(12-6)19-15-9-3/h20-24,26-27,32-34H,7-15,17-19,29-31H2,1-6H3/b44-43+,46-45+. The molecule has 3 rings (SSSR count). The Bertz CT molecular complexity index is 1460. The molecule has 1 aromatic heterocycles. The van der Waals surface area contributed by atoms with Crippen LogP contribution in [-0.2, 0) is 6.54 Å². The number of hydrogen-bond acceptors (Lipinski definition) is 7. The highest BCUT2D eigenvalue weighted by Gasteiger charge is 2.17. The molecule has 0 saturated heterocycles. The Balaban J connectivity index is 2.03. The van der Waals surface area contributed by atoms with Gasteiger partial charge in [-0.15, -0.1) is 15.3 Å². The number of nitriles is 1. The second-order valence-electron chi connectivity index (χ2n) is 13.1. The number of nitrogens with zero attached hydrogens (tertiary/aromatic N) is 6. The molecule has 3 unspecified atom stereocenters. The summed E-state index contributed by atoms with van der Waals surface area (Å²) in [5.41, 5.74) is 2.38. The molecule has 49 heavy (non-hydrogen) atoms. The van der Waals surface area contributed by atoms with E-state index in [0.29, 0.717) is 70.9 Å². The minimum absolute atomic E-state index is 0.432. The van der Waals surface area contributed by atoms with E-state index in [1.165, 1.54) is 32.1 Å². The van der Waals surface area contributed by atoms with Crippen LogP contribution in [0.4, 0.5) is 22.9 Å². The Morgan fingerprint density at radius 1 is 0.694 bits per heavy atom. The fourth-order valence-corrected chi connectivity index (χ4v) is 5.66. The second-order valence-corrected chi connectivity index (χ2v) is 13.1. The van der Waals surface area contributed by atoms with Crippen molar-refractivity contribution in [1.82, 2.24) is 4.57 Å². The van der Waals surface area contributed by atoms with Gasteiger partial charge in [0.2, 0.25) is 0 Å². The highest BCUT2D eigenvalue weighted by atomic mass is 16.5. The van der Waals surface area contributed by atoms with Crippen molar-refractivity contribution in [3.8, 4) is 17.6 Å². The first-order valence-corrected chi connectivity index (χ1v) is 18.7. The number of azo groups is 2. The predicted octanol–water partition coefficient (Wildman–Crippen LogP) is 13.2. The van der Waals surface area contributed by atoms with Crippen LogP contribution >= 0.6 is 0 Å². The fraction of sp³-hybridized carbons (Fsp3) is 0.585. The first kappa shape index (κ1) is 39.3. The number of rotatable bonds is 24. The van der Waals surface area contributed by atoms with Crippen molar-refractivity contribution in [3.05, 3.63) is 60.3 Å². The van der Waals surface area contributed by atoms with Crippen LogP contribution < -0.4 is 9.47 Å². The van der Waals surface area contributed by atoms with Crippen LogP contribution in [0.15, 0.2) is 62.9 Å². The summed E-state index contributed by atoms with van der Waals surface area (Å²) in [5.74, 6) is 3.32. The summed E-state index contributed by atoms with van der Waals surface area (Å²) in [6.07, 6.45) is 16.9. The number of unbranched alkanes of at least 4 members (excludes halogenated alkanes) is 3. The first-order chi connectivity index (χ1) is 24.0. The molecule has 0 N–H and O–H groups in total. The molecule has 0 bridgehead atoms. The van der Waals surface area contributed by atoms with Gasteiger partial charge >= 0.3 is 0 Å².